The molecule has 28 heavy (non-hydrogen) atoms. The Balaban J connectivity index is 2.14. The number of nitrogens with one attached hydrogen (secondary N) is 1. The van der Waals surface area contributed by atoms with Crippen LogP contribution in [0.2, 0.25) is 0 Å². The Labute approximate surface area is 166 Å². The van der Waals surface area contributed by atoms with Crippen LogP contribution in [0.5, 0.6) is 0 Å². The fraction of sp³-hybridized carbons (Fsp3) is 0.565. The van der Waals surface area contributed by atoms with Gasteiger partial charge >= 0.3 is 0 Å². The number of carbonyl (C=O) groups is 2. The molecule has 5 nitrogen and oxygen atoms in total. The molecular weight excluding hydrogens is 354 g/mol. The van der Waals surface area contributed by atoms with Gasteiger partial charge in [0.2, 0.25) is 0 Å². The number of fused-ring (bicyclic) bond motifs is 1. The molecule has 1 heterocycles. The first-order valence-corrected chi connectivity index (χ1v) is 10.1. The highest BCUT2D eigenvalue weighted by Gasteiger charge is 2.56. The van der Waals surface area contributed by atoms with Gasteiger partial charge in [-0.1, -0.05) is 36.8 Å². The van der Waals surface area contributed by atoms with E-state index in [0.29, 0.717) is 19.3 Å². The Hall–Kier alpha value is -2.14. The summed E-state index contributed by atoms with van der Waals surface area (Å²) in [7, 11) is 0. The lowest BCUT2D eigenvalue weighted by Crippen LogP contribution is -2.53. The van der Waals surface area contributed by atoms with Crippen molar-refractivity contribution in [2.24, 2.45) is 23.2 Å². The Bertz CT molecular complexity index is 830. The summed E-state index contributed by atoms with van der Waals surface area (Å²) in [6.45, 7) is 9.41. The van der Waals surface area contributed by atoms with Gasteiger partial charge in [-0.05, 0) is 58.8 Å². The predicted molar refractivity (Wildman–Crippen MR) is 108 cm³/mol. The van der Waals surface area contributed by atoms with Gasteiger partial charge in [0.1, 0.15) is 5.57 Å². The summed E-state index contributed by atoms with van der Waals surface area (Å²) in [5.74, 6) is -1.21. The summed E-state index contributed by atoms with van der Waals surface area (Å²) in [5, 5.41) is 23.7. The van der Waals surface area contributed by atoms with Crippen LogP contribution in [0.25, 0.3) is 0 Å². The summed E-state index contributed by atoms with van der Waals surface area (Å²) in [5.41, 5.74) is -0.407. The summed E-state index contributed by atoms with van der Waals surface area (Å²) >= 11 is 0. The van der Waals surface area contributed by atoms with E-state index >= 15 is 0 Å². The first kappa shape index (κ1) is 20.6. The SMILES string of the molecule is CC=CC1C(C)=CC2CC(C)(O)CCC2C1(C)C(=O)C1=C(O)C(=CC)NC1=O. The van der Waals surface area contributed by atoms with Crippen molar-refractivity contribution < 1.29 is 19.8 Å². The van der Waals surface area contributed by atoms with Gasteiger partial charge in [0.25, 0.3) is 5.91 Å². The van der Waals surface area contributed by atoms with E-state index < -0.39 is 16.9 Å². The van der Waals surface area contributed by atoms with E-state index in [1.165, 1.54) is 0 Å². The Morgan fingerprint density at radius 1 is 1.32 bits per heavy atom. The summed E-state index contributed by atoms with van der Waals surface area (Å²) < 4.78 is 0. The lowest BCUT2D eigenvalue weighted by atomic mass is 9.51. The molecule has 3 aliphatic rings. The van der Waals surface area contributed by atoms with Crippen molar-refractivity contribution in [2.45, 2.75) is 59.5 Å². The zero-order valence-electron chi connectivity index (χ0n) is 17.4. The van der Waals surface area contributed by atoms with Crippen LogP contribution in [0.1, 0.15) is 53.9 Å². The molecule has 5 heteroatoms. The van der Waals surface area contributed by atoms with E-state index in [1.807, 2.05) is 39.8 Å². The quantitative estimate of drug-likeness (QED) is 0.510. The number of amides is 1. The number of aliphatic hydroxyl groups is 2. The molecule has 1 amide bonds. The van der Waals surface area contributed by atoms with Crippen LogP contribution in [0, 0.1) is 23.2 Å². The molecule has 5 unspecified atom stereocenters. The number of Topliss-reactive ketones (excluding diaryl/α,β-unsaturated/α-hetero) is 1. The van der Waals surface area contributed by atoms with E-state index in [4.69, 9.17) is 0 Å². The first-order valence-electron chi connectivity index (χ1n) is 10.1. The van der Waals surface area contributed by atoms with Gasteiger partial charge in [0.15, 0.2) is 11.5 Å². The Kier molecular flexibility index (Phi) is 5.17. The number of allylic oxidation sites excluding steroid dienone is 5. The van der Waals surface area contributed by atoms with Crippen LogP contribution in [-0.2, 0) is 9.59 Å². The number of hydrogen-bond acceptors (Lipinski definition) is 4. The van der Waals surface area contributed by atoms with Crippen molar-refractivity contribution >= 4 is 11.7 Å². The highest BCUT2D eigenvalue weighted by Crippen LogP contribution is 2.56. The maximum absolute atomic E-state index is 13.8. The zero-order valence-corrected chi connectivity index (χ0v) is 17.4. The van der Waals surface area contributed by atoms with Gasteiger partial charge in [-0.15, -0.1) is 0 Å². The van der Waals surface area contributed by atoms with Crippen LogP contribution >= 0.6 is 0 Å². The molecular formula is C23H31NO4. The highest BCUT2D eigenvalue weighted by molar-refractivity contribution is 6.24. The van der Waals surface area contributed by atoms with Crippen molar-refractivity contribution in [1.29, 1.82) is 0 Å². The van der Waals surface area contributed by atoms with Crippen molar-refractivity contribution in [2.75, 3.05) is 0 Å². The molecule has 0 aromatic rings. The molecule has 3 N–H and O–H groups in total. The largest absolute Gasteiger partial charge is 0.505 e. The van der Waals surface area contributed by atoms with Crippen LogP contribution in [0.15, 0.2) is 46.9 Å². The van der Waals surface area contributed by atoms with E-state index in [9.17, 15) is 19.8 Å². The monoisotopic (exact) mass is 385 g/mol. The van der Waals surface area contributed by atoms with Crippen molar-refractivity contribution in [3.8, 4) is 0 Å². The van der Waals surface area contributed by atoms with Crippen molar-refractivity contribution in [1.82, 2.24) is 5.32 Å². The average molecular weight is 386 g/mol. The van der Waals surface area contributed by atoms with E-state index in [2.05, 4.69) is 11.4 Å². The second-order valence-corrected chi connectivity index (χ2v) is 8.92. The summed E-state index contributed by atoms with van der Waals surface area (Å²) in [6, 6.07) is 0. The molecule has 1 saturated carbocycles. The second kappa shape index (κ2) is 7.03. The lowest BCUT2D eigenvalue weighted by Gasteiger charge is -2.52. The first-order chi connectivity index (χ1) is 13.1. The van der Waals surface area contributed by atoms with Gasteiger partial charge in [-0.3, -0.25) is 9.59 Å². The third-order valence-electron chi connectivity index (χ3n) is 6.93. The van der Waals surface area contributed by atoms with E-state index in [1.54, 1.807) is 13.0 Å². The minimum atomic E-state index is -0.865. The lowest BCUT2D eigenvalue weighted by molar-refractivity contribution is -0.136. The molecule has 152 valence electrons. The topological polar surface area (TPSA) is 86.6 Å². The molecule has 2 aliphatic carbocycles. The maximum atomic E-state index is 13.8. The van der Waals surface area contributed by atoms with Crippen LogP contribution in [0.3, 0.4) is 0 Å². The molecule has 0 saturated heterocycles. The number of rotatable bonds is 3. The standard InChI is InChI=1S/C23H31NO4/c1-6-8-15-13(3)11-14-12-22(4,28)10-9-16(14)23(15,5)20(26)18-19(25)17(7-2)24-21(18)27/h6-8,11,14-16,25,28H,9-10,12H2,1-5H3,(H,24,27). The molecule has 1 aliphatic heterocycles. The molecule has 0 aromatic heterocycles. The normalized spacial score (nSPS) is 39.9. The number of ketones is 1. The molecule has 0 spiro atoms. The second-order valence-electron chi connectivity index (χ2n) is 8.92. The number of carbonyl (C=O) groups excluding carboxylic acids is 2. The average Bonchev–Trinajstić information content (AvgIpc) is 2.90. The molecule has 3 rings (SSSR count). The van der Waals surface area contributed by atoms with Gasteiger partial charge in [-0.25, -0.2) is 0 Å². The van der Waals surface area contributed by atoms with E-state index in [0.717, 1.165) is 5.57 Å². The zero-order chi connectivity index (χ0) is 20.9. The molecule has 0 radical (unpaired) electrons. The van der Waals surface area contributed by atoms with Crippen molar-refractivity contribution in [3.63, 3.8) is 0 Å². The smallest absolute Gasteiger partial charge is 0.263 e. The minimum absolute atomic E-state index is 0.00659. The minimum Gasteiger partial charge on any atom is -0.505 e. The Morgan fingerprint density at radius 2 is 2.00 bits per heavy atom. The Morgan fingerprint density at radius 3 is 2.57 bits per heavy atom. The number of aliphatic hydroxyl groups excluding tert-OH is 1. The van der Waals surface area contributed by atoms with Crippen LogP contribution in [0.4, 0.5) is 0 Å². The third kappa shape index (κ3) is 3.06. The summed E-state index contributed by atoms with van der Waals surface area (Å²) in [6.07, 6.45) is 9.65. The maximum Gasteiger partial charge on any atom is 0.263 e. The van der Waals surface area contributed by atoms with Gasteiger partial charge < -0.3 is 15.5 Å². The van der Waals surface area contributed by atoms with Gasteiger partial charge in [-0.2, -0.15) is 0 Å². The molecule has 0 bridgehead atoms. The summed E-state index contributed by atoms with van der Waals surface area (Å²) in [4.78, 5) is 26.3. The fourth-order valence-electron chi connectivity index (χ4n) is 5.53. The molecule has 0 aromatic carbocycles. The van der Waals surface area contributed by atoms with E-state index in [-0.39, 0.29) is 40.6 Å². The van der Waals surface area contributed by atoms with Gasteiger partial charge in [0, 0.05) is 11.3 Å². The molecule has 5 atom stereocenters. The number of hydrogen-bond donors (Lipinski definition) is 3. The fourth-order valence-corrected chi connectivity index (χ4v) is 5.53. The molecule has 1 fully saturated rings. The van der Waals surface area contributed by atoms with Crippen LogP contribution in [-0.4, -0.2) is 27.5 Å². The predicted octanol–water partition coefficient (Wildman–Crippen LogP) is 3.73. The van der Waals surface area contributed by atoms with Crippen LogP contribution < -0.4 is 5.32 Å². The van der Waals surface area contributed by atoms with Crippen molar-refractivity contribution in [3.05, 3.63) is 46.9 Å². The third-order valence-corrected chi connectivity index (χ3v) is 6.93. The highest BCUT2D eigenvalue weighted by atomic mass is 16.3. The van der Waals surface area contributed by atoms with Gasteiger partial charge in [0.05, 0.1) is 11.3 Å².